The van der Waals surface area contributed by atoms with Crippen LogP contribution in [0.15, 0.2) is 20.0 Å². The molecule has 4 rings (SSSR count). The summed E-state index contributed by atoms with van der Waals surface area (Å²) in [5.41, 5.74) is 6.96. The van der Waals surface area contributed by atoms with Gasteiger partial charge in [0.2, 0.25) is 0 Å². The van der Waals surface area contributed by atoms with Gasteiger partial charge in [0.1, 0.15) is 0 Å². The number of hydrogen-bond donors (Lipinski definition) is 2. The number of nitrogens with one attached hydrogen (secondary N) is 1. The van der Waals surface area contributed by atoms with Crippen LogP contribution in [0.4, 0.5) is 10.5 Å². The summed E-state index contributed by atoms with van der Waals surface area (Å²) >= 11 is 1.58. The van der Waals surface area contributed by atoms with Crippen molar-refractivity contribution in [3.05, 3.63) is 39.5 Å². The maximum absolute atomic E-state index is 12.6. The molecule has 1 unspecified atom stereocenters. The molecular weight excluding hydrogens is 364 g/mol. The molecule has 0 radical (unpaired) electrons. The Morgan fingerprint density at radius 1 is 1.23 bits per heavy atom. The molecule has 2 heterocycles. The van der Waals surface area contributed by atoms with E-state index in [2.05, 4.69) is 35.0 Å². The first-order chi connectivity index (χ1) is 12.5. The van der Waals surface area contributed by atoms with E-state index in [0.717, 1.165) is 59.8 Å². The molecule has 7 heteroatoms. The summed E-state index contributed by atoms with van der Waals surface area (Å²) in [5.74, 6) is 0.452. The zero-order chi connectivity index (χ0) is 18.3. The number of aryl methyl sites for hydroxylation is 2. The Morgan fingerprint density at radius 3 is 2.46 bits per heavy atom. The van der Waals surface area contributed by atoms with Gasteiger partial charge in [-0.2, -0.15) is 4.36 Å². The predicted molar refractivity (Wildman–Crippen MR) is 108 cm³/mol. The summed E-state index contributed by atoms with van der Waals surface area (Å²) in [6.45, 7) is 4.30. The number of carbonyl (C=O) groups is 1. The van der Waals surface area contributed by atoms with E-state index in [9.17, 15) is 4.79 Å². The first-order valence-corrected chi connectivity index (χ1v) is 11.3. The van der Waals surface area contributed by atoms with Gasteiger partial charge >= 0.3 is 6.03 Å². The molecule has 0 aromatic carbocycles. The fraction of sp³-hybridized carbons (Fsp3) is 0.474. The lowest BCUT2D eigenvalue weighted by Crippen LogP contribution is -2.15. The van der Waals surface area contributed by atoms with Gasteiger partial charge in [0.05, 0.1) is 9.90 Å². The van der Waals surface area contributed by atoms with Crippen molar-refractivity contribution in [2.75, 3.05) is 5.32 Å². The van der Waals surface area contributed by atoms with Gasteiger partial charge in [-0.1, -0.05) is 13.8 Å². The van der Waals surface area contributed by atoms with Gasteiger partial charge in [-0.25, -0.2) is 4.79 Å². The second-order valence-electron chi connectivity index (χ2n) is 7.23. The van der Waals surface area contributed by atoms with Gasteiger partial charge in [-0.05, 0) is 72.6 Å². The van der Waals surface area contributed by atoms with Crippen LogP contribution in [0.3, 0.4) is 0 Å². The Morgan fingerprint density at radius 2 is 1.88 bits per heavy atom. The van der Waals surface area contributed by atoms with Crippen LogP contribution in [0, 0.1) is 0 Å². The monoisotopic (exact) mass is 388 g/mol. The van der Waals surface area contributed by atoms with Crippen molar-refractivity contribution < 1.29 is 4.79 Å². The quantitative estimate of drug-likeness (QED) is 0.812. The first-order valence-electron chi connectivity index (χ1n) is 9.16. The minimum Gasteiger partial charge on any atom is -0.305 e. The molecule has 26 heavy (non-hydrogen) atoms. The van der Waals surface area contributed by atoms with Crippen molar-refractivity contribution in [1.29, 1.82) is 0 Å². The van der Waals surface area contributed by atoms with E-state index in [-0.39, 0.29) is 6.03 Å². The fourth-order valence-corrected chi connectivity index (χ4v) is 5.76. The van der Waals surface area contributed by atoms with Gasteiger partial charge in [0.25, 0.3) is 0 Å². The molecule has 2 aromatic heterocycles. The molecule has 2 amide bonds. The van der Waals surface area contributed by atoms with Crippen molar-refractivity contribution in [3.63, 3.8) is 0 Å². The maximum Gasteiger partial charge on any atom is 0.352 e. The molecular formula is C19H24N4OS2. The van der Waals surface area contributed by atoms with Crippen molar-refractivity contribution in [1.82, 2.24) is 4.98 Å². The molecule has 5 nitrogen and oxygen atoms in total. The average Bonchev–Trinajstić information content (AvgIpc) is 3.34. The molecule has 2 aliphatic rings. The number of carbonyl (C=O) groups excluding carboxylic acids is 1. The Bertz CT molecular complexity index is 869. The molecule has 0 saturated carbocycles. The van der Waals surface area contributed by atoms with E-state index < -0.39 is 10.9 Å². The minimum atomic E-state index is -0.914. The SMILES string of the molecule is CC(C)c1csc(S(N)=NC(=O)Nc2c3c(nc4c2CCC4)CCC3)c1. The number of fused-ring (bicyclic) bond motifs is 2. The maximum atomic E-state index is 12.6. The number of nitrogens with two attached hydrogens (primary N) is 1. The van der Waals surface area contributed by atoms with Crippen LogP contribution in [0.5, 0.6) is 0 Å². The third-order valence-corrected chi connectivity index (χ3v) is 7.57. The lowest BCUT2D eigenvalue weighted by molar-refractivity contribution is 0.260. The summed E-state index contributed by atoms with van der Waals surface area (Å²) in [4.78, 5) is 17.4. The number of amides is 2. The topological polar surface area (TPSA) is 80.4 Å². The van der Waals surface area contributed by atoms with Gasteiger partial charge in [-0.3, -0.25) is 10.1 Å². The first kappa shape index (κ1) is 17.8. The van der Waals surface area contributed by atoms with Crippen molar-refractivity contribution >= 4 is 33.9 Å². The molecule has 0 fully saturated rings. The lowest BCUT2D eigenvalue weighted by atomic mass is 10.1. The standard InChI is InChI=1S/C19H24N4OS2/c1-11(2)12-9-17(25-10-12)26(20)23-19(24)22-18-13-5-3-7-15(13)21-16-8-4-6-14(16)18/h9-11H,3-8H2,1-2H3,(H3,20,21,22,23,24). The highest BCUT2D eigenvalue weighted by molar-refractivity contribution is 7.87. The molecule has 0 aliphatic heterocycles. The Labute approximate surface area is 160 Å². The van der Waals surface area contributed by atoms with Crippen LogP contribution in [-0.4, -0.2) is 11.0 Å². The largest absolute Gasteiger partial charge is 0.352 e. The summed E-state index contributed by atoms with van der Waals surface area (Å²) in [7, 11) is -0.914. The highest BCUT2D eigenvalue weighted by Crippen LogP contribution is 2.36. The van der Waals surface area contributed by atoms with E-state index >= 15 is 0 Å². The predicted octanol–water partition coefficient (Wildman–Crippen LogP) is 4.51. The number of aromatic nitrogens is 1. The van der Waals surface area contributed by atoms with Crippen LogP contribution in [-0.2, 0) is 36.6 Å². The number of thiophene rings is 1. The lowest BCUT2D eigenvalue weighted by Gasteiger charge is -2.14. The van der Waals surface area contributed by atoms with Gasteiger partial charge in [0, 0.05) is 22.3 Å². The number of hydrogen-bond acceptors (Lipinski definition) is 3. The zero-order valence-electron chi connectivity index (χ0n) is 15.2. The van der Waals surface area contributed by atoms with Crippen molar-refractivity contribution in [2.24, 2.45) is 9.50 Å². The second-order valence-corrected chi connectivity index (χ2v) is 9.66. The van der Waals surface area contributed by atoms with Crippen molar-refractivity contribution in [2.45, 2.75) is 62.5 Å². The number of rotatable bonds is 3. The summed E-state index contributed by atoms with van der Waals surface area (Å²) in [6, 6.07) is 1.72. The van der Waals surface area contributed by atoms with Gasteiger partial charge < -0.3 is 5.32 Å². The third-order valence-electron chi connectivity index (χ3n) is 5.13. The summed E-state index contributed by atoms with van der Waals surface area (Å²) in [6.07, 6.45) is 6.22. The van der Waals surface area contributed by atoms with E-state index in [1.807, 2.05) is 0 Å². The summed E-state index contributed by atoms with van der Waals surface area (Å²) < 4.78 is 5.16. The molecule has 0 spiro atoms. The summed E-state index contributed by atoms with van der Waals surface area (Å²) in [5, 5.41) is 11.3. The molecule has 1 atom stereocenters. The smallest absolute Gasteiger partial charge is 0.305 e. The minimum absolute atomic E-state index is 0.343. The Balaban J connectivity index is 1.59. The number of anilines is 1. The fourth-order valence-electron chi connectivity index (χ4n) is 3.74. The molecule has 138 valence electrons. The number of pyridine rings is 1. The highest BCUT2D eigenvalue weighted by Gasteiger charge is 2.26. The van der Waals surface area contributed by atoms with E-state index in [1.165, 1.54) is 16.7 Å². The second kappa shape index (κ2) is 7.21. The molecule has 2 aromatic rings. The van der Waals surface area contributed by atoms with Crippen molar-refractivity contribution in [3.8, 4) is 0 Å². The van der Waals surface area contributed by atoms with Crippen LogP contribution >= 0.6 is 11.3 Å². The van der Waals surface area contributed by atoms with Gasteiger partial charge in [0.15, 0.2) is 0 Å². The van der Waals surface area contributed by atoms with Gasteiger partial charge in [-0.15, -0.1) is 11.3 Å². The third kappa shape index (κ3) is 3.35. The van der Waals surface area contributed by atoms with E-state index in [0.29, 0.717) is 5.92 Å². The molecule has 3 N–H and O–H groups in total. The number of nitrogens with zero attached hydrogens (tertiary/aromatic N) is 2. The Kier molecular flexibility index (Phi) is 4.94. The normalized spacial score (nSPS) is 16.8. The van der Waals surface area contributed by atoms with E-state index in [4.69, 9.17) is 10.1 Å². The average molecular weight is 389 g/mol. The van der Waals surface area contributed by atoms with Crippen LogP contribution in [0.1, 0.15) is 60.7 Å². The van der Waals surface area contributed by atoms with Crippen LogP contribution in [0.2, 0.25) is 0 Å². The number of urea groups is 1. The van der Waals surface area contributed by atoms with Crippen LogP contribution in [0.25, 0.3) is 0 Å². The molecule has 0 saturated heterocycles. The highest BCUT2D eigenvalue weighted by atomic mass is 32.2. The molecule has 2 aliphatic carbocycles. The van der Waals surface area contributed by atoms with Crippen LogP contribution < -0.4 is 10.5 Å². The zero-order valence-corrected chi connectivity index (χ0v) is 16.8. The van der Waals surface area contributed by atoms with E-state index in [1.54, 1.807) is 11.3 Å². The molecule has 0 bridgehead atoms. The Hall–Kier alpha value is -1.57.